The third-order valence-electron chi connectivity index (χ3n) is 6.98. The molecule has 3 N–H and O–H groups in total. The largest absolute Gasteiger partial charge is 0.341 e. The molecule has 6 nitrogen and oxygen atoms in total. The quantitative estimate of drug-likeness (QED) is 0.749. The Hall–Kier alpha value is -1.92. The average molecular weight is 385 g/mol. The van der Waals surface area contributed by atoms with Crippen molar-refractivity contribution in [3.63, 3.8) is 0 Å². The van der Waals surface area contributed by atoms with E-state index in [2.05, 4.69) is 29.2 Å². The highest BCUT2D eigenvalue weighted by Crippen LogP contribution is 2.31. The summed E-state index contributed by atoms with van der Waals surface area (Å²) in [5.41, 5.74) is 9.77. The summed E-state index contributed by atoms with van der Waals surface area (Å²) in [6.07, 6.45) is 6.21. The molecule has 1 aliphatic carbocycles. The van der Waals surface area contributed by atoms with Crippen molar-refractivity contribution in [2.75, 3.05) is 18.4 Å². The highest BCUT2D eigenvalue weighted by molar-refractivity contribution is 5.93. The molecule has 2 heterocycles. The van der Waals surface area contributed by atoms with E-state index >= 15 is 0 Å². The van der Waals surface area contributed by atoms with E-state index in [1.54, 1.807) is 0 Å². The van der Waals surface area contributed by atoms with Crippen molar-refractivity contribution in [1.29, 1.82) is 0 Å². The number of nitrogens with zero attached hydrogens (tertiary/aromatic N) is 1. The molecule has 3 atom stereocenters. The summed E-state index contributed by atoms with van der Waals surface area (Å²) in [5, 5.41) is 3.09. The van der Waals surface area contributed by atoms with E-state index in [0.717, 1.165) is 36.9 Å². The Kier molecular flexibility index (Phi) is 5.69. The van der Waals surface area contributed by atoms with Crippen molar-refractivity contribution in [2.45, 2.75) is 64.5 Å². The Morgan fingerprint density at radius 2 is 1.79 bits per heavy atom. The molecular formula is C22H32N4O2. The Morgan fingerprint density at radius 3 is 2.57 bits per heavy atom. The maximum atomic E-state index is 13.0. The van der Waals surface area contributed by atoms with Gasteiger partial charge in [-0.2, -0.15) is 0 Å². The number of rotatable bonds is 3. The number of nitrogens with one attached hydrogen (secondary N) is 3. The number of aryl methyl sites for hydroxylation is 1. The molecular weight excluding hydrogens is 352 g/mol. The third kappa shape index (κ3) is 3.80. The third-order valence-corrected chi connectivity index (χ3v) is 6.98. The van der Waals surface area contributed by atoms with Gasteiger partial charge in [0.25, 0.3) is 0 Å². The molecule has 28 heavy (non-hydrogen) atoms. The molecule has 1 aromatic carbocycles. The van der Waals surface area contributed by atoms with E-state index in [1.807, 2.05) is 24.0 Å². The van der Waals surface area contributed by atoms with Gasteiger partial charge in [-0.15, -0.1) is 0 Å². The fourth-order valence-corrected chi connectivity index (χ4v) is 4.97. The fourth-order valence-electron chi connectivity index (χ4n) is 4.97. The molecule has 3 unspecified atom stereocenters. The second-order valence-electron chi connectivity index (χ2n) is 8.66. The average Bonchev–Trinajstić information content (AvgIpc) is 3.15. The van der Waals surface area contributed by atoms with Crippen LogP contribution in [0.5, 0.6) is 0 Å². The number of carbonyl (C=O) groups excluding carboxylic acids is 2. The van der Waals surface area contributed by atoms with E-state index in [1.165, 1.54) is 18.4 Å². The van der Waals surface area contributed by atoms with Crippen LogP contribution in [0.1, 0.15) is 49.7 Å². The predicted octanol–water partition coefficient (Wildman–Crippen LogP) is 2.52. The van der Waals surface area contributed by atoms with Crippen LogP contribution in [0, 0.1) is 25.7 Å². The van der Waals surface area contributed by atoms with Gasteiger partial charge in [0.1, 0.15) is 6.04 Å². The van der Waals surface area contributed by atoms with Gasteiger partial charge >= 0.3 is 0 Å². The molecule has 6 heteroatoms. The van der Waals surface area contributed by atoms with Crippen LogP contribution in [-0.2, 0) is 9.59 Å². The van der Waals surface area contributed by atoms with E-state index in [4.69, 9.17) is 0 Å². The van der Waals surface area contributed by atoms with Crippen molar-refractivity contribution < 1.29 is 9.59 Å². The number of piperidine rings is 1. The van der Waals surface area contributed by atoms with Crippen LogP contribution in [0.2, 0.25) is 0 Å². The summed E-state index contributed by atoms with van der Waals surface area (Å²) in [5.74, 6) is 0.664. The number of carbonyl (C=O) groups is 2. The van der Waals surface area contributed by atoms with Gasteiger partial charge in [0.2, 0.25) is 11.8 Å². The van der Waals surface area contributed by atoms with Gasteiger partial charge in [0.15, 0.2) is 0 Å². The number of benzene rings is 1. The van der Waals surface area contributed by atoms with Crippen molar-refractivity contribution in [2.24, 2.45) is 11.8 Å². The van der Waals surface area contributed by atoms with Crippen LogP contribution in [0.15, 0.2) is 18.2 Å². The van der Waals surface area contributed by atoms with E-state index < -0.39 is 0 Å². The predicted molar refractivity (Wildman–Crippen MR) is 110 cm³/mol. The molecule has 2 saturated heterocycles. The Bertz CT molecular complexity index is 742. The minimum atomic E-state index is -0.106. The molecule has 0 radical (unpaired) electrons. The number of amides is 2. The minimum Gasteiger partial charge on any atom is -0.341 e. The van der Waals surface area contributed by atoms with Crippen LogP contribution in [0.4, 0.5) is 5.69 Å². The first-order valence-electron chi connectivity index (χ1n) is 10.7. The first-order valence-corrected chi connectivity index (χ1v) is 10.7. The molecule has 0 bridgehead atoms. The monoisotopic (exact) mass is 384 g/mol. The molecule has 0 aromatic heterocycles. The number of likely N-dealkylation sites (tertiary alicyclic amines) is 1. The molecule has 3 fully saturated rings. The summed E-state index contributed by atoms with van der Waals surface area (Å²) in [6.45, 7) is 5.42. The molecule has 4 rings (SSSR count). The second kappa shape index (κ2) is 8.21. The second-order valence-corrected chi connectivity index (χ2v) is 8.66. The molecule has 2 aliphatic heterocycles. The number of hydrogen-bond acceptors (Lipinski definition) is 4. The van der Waals surface area contributed by atoms with Crippen LogP contribution in [0.3, 0.4) is 0 Å². The van der Waals surface area contributed by atoms with Crippen LogP contribution >= 0.6 is 0 Å². The lowest BCUT2D eigenvalue weighted by Gasteiger charge is -2.35. The highest BCUT2D eigenvalue weighted by Gasteiger charge is 2.43. The Morgan fingerprint density at radius 1 is 1.04 bits per heavy atom. The maximum Gasteiger partial charge on any atom is 0.241 e. The zero-order chi connectivity index (χ0) is 19.7. The Balaban J connectivity index is 1.31. The van der Waals surface area contributed by atoms with Gasteiger partial charge in [0, 0.05) is 36.7 Å². The van der Waals surface area contributed by atoms with Crippen LogP contribution < -0.4 is 16.2 Å². The smallest absolute Gasteiger partial charge is 0.241 e. The summed E-state index contributed by atoms with van der Waals surface area (Å²) >= 11 is 0. The maximum absolute atomic E-state index is 13.0. The standard InChI is InChI=1S/C22H32N4O2/c1-14-6-5-9-18(15(14)2)23-21(27)16-10-12-26(13-11-16)22(28)20-17-7-3-4-8-19(17)24-25-20/h5-6,9,16-17,19-20,24-25H,3-4,7-8,10-13H2,1-2H3,(H,23,27). The summed E-state index contributed by atoms with van der Waals surface area (Å²) in [7, 11) is 0. The molecule has 3 aliphatic rings. The lowest BCUT2D eigenvalue weighted by Crippen LogP contribution is -2.51. The Labute approximate surface area is 167 Å². The molecule has 0 spiro atoms. The van der Waals surface area contributed by atoms with Crippen molar-refractivity contribution in [3.8, 4) is 0 Å². The topological polar surface area (TPSA) is 73.5 Å². The highest BCUT2D eigenvalue weighted by atomic mass is 16.2. The molecule has 1 aromatic rings. The number of hydrogen-bond donors (Lipinski definition) is 3. The zero-order valence-electron chi connectivity index (χ0n) is 17.0. The van der Waals surface area contributed by atoms with E-state index in [-0.39, 0.29) is 23.8 Å². The zero-order valence-corrected chi connectivity index (χ0v) is 17.0. The minimum absolute atomic E-state index is 0.0268. The van der Waals surface area contributed by atoms with Gasteiger partial charge in [-0.05, 0) is 56.7 Å². The van der Waals surface area contributed by atoms with Crippen molar-refractivity contribution in [3.05, 3.63) is 29.3 Å². The fraction of sp³-hybridized carbons (Fsp3) is 0.636. The number of fused-ring (bicyclic) bond motifs is 1. The van der Waals surface area contributed by atoms with Gasteiger partial charge in [-0.25, -0.2) is 5.43 Å². The van der Waals surface area contributed by atoms with Gasteiger partial charge in [-0.1, -0.05) is 25.0 Å². The normalized spacial score (nSPS) is 28.1. The van der Waals surface area contributed by atoms with Crippen molar-refractivity contribution in [1.82, 2.24) is 15.8 Å². The van der Waals surface area contributed by atoms with Gasteiger partial charge in [-0.3, -0.25) is 15.0 Å². The van der Waals surface area contributed by atoms with Gasteiger partial charge < -0.3 is 10.2 Å². The number of anilines is 1. The van der Waals surface area contributed by atoms with E-state index in [9.17, 15) is 9.59 Å². The molecule has 2 amide bonds. The summed E-state index contributed by atoms with van der Waals surface area (Å²) in [4.78, 5) is 27.7. The van der Waals surface area contributed by atoms with Crippen LogP contribution in [-0.4, -0.2) is 41.9 Å². The lowest BCUT2D eigenvalue weighted by atomic mass is 9.81. The first-order chi connectivity index (χ1) is 13.5. The molecule has 1 saturated carbocycles. The first kappa shape index (κ1) is 19.4. The van der Waals surface area contributed by atoms with E-state index in [0.29, 0.717) is 25.0 Å². The summed E-state index contributed by atoms with van der Waals surface area (Å²) < 4.78 is 0. The number of hydrazine groups is 1. The van der Waals surface area contributed by atoms with Crippen molar-refractivity contribution >= 4 is 17.5 Å². The van der Waals surface area contributed by atoms with Crippen LogP contribution in [0.25, 0.3) is 0 Å². The summed E-state index contributed by atoms with van der Waals surface area (Å²) in [6, 6.07) is 6.31. The lowest BCUT2D eigenvalue weighted by molar-refractivity contribution is -0.137. The SMILES string of the molecule is Cc1cccc(NC(=O)C2CCN(C(=O)C3NNC4CCCCC43)CC2)c1C. The van der Waals surface area contributed by atoms with Gasteiger partial charge in [0.05, 0.1) is 0 Å². The molecule has 152 valence electrons.